The minimum Gasteiger partial charge on any atom is -0.318 e. The van der Waals surface area contributed by atoms with Gasteiger partial charge in [-0.15, -0.1) is 0 Å². The summed E-state index contributed by atoms with van der Waals surface area (Å²) in [5, 5.41) is 8.94. The smallest absolute Gasteiger partial charge is 0.318 e. The lowest BCUT2D eigenvalue weighted by Crippen LogP contribution is -2.50. The van der Waals surface area contributed by atoms with Gasteiger partial charge in [0.25, 0.3) is 5.91 Å². The highest BCUT2D eigenvalue weighted by Gasteiger charge is 2.44. The number of hydrogen-bond acceptors (Lipinski definition) is 6. The second-order valence-electron chi connectivity index (χ2n) is 9.60. The molecule has 10 heteroatoms. The lowest BCUT2D eigenvalue weighted by Gasteiger charge is -2.40. The quantitative estimate of drug-likeness (QED) is 0.355. The Balaban J connectivity index is 1.31. The van der Waals surface area contributed by atoms with Gasteiger partial charge in [0.1, 0.15) is 0 Å². The number of carbonyl (C=O) groups is 2. The fourth-order valence-corrected chi connectivity index (χ4v) is 5.66. The summed E-state index contributed by atoms with van der Waals surface area (Å²) < 4.78 is 23.9. The normalized spacial score (nSPS) is 20.6. The fraction of sp³-hybridized carbons (Fsp3) is 0.583. The molecule has 3 heterocycles. The van der Waals surface area contributed by atoms with E-state index in [0.717, 1.165) is 31.1 Å². The molecule has 2 amide bonds. The number of nitrogens with zero attached hydrogens (tertiary/aromatic N) is 3. The van der Waals surface area contributed by atoms with Gasteiger partial charge < -0.3 is 4.90 Å². The van der Waals surface area contributed by atoms with Crippen LogP contribution in [0.5, 0.6) is 0 Å². The van der Waals surface area contributed by atoms with E-state index < -0.39 is 20.5 Å². The van der Waals surface area contributed by atoms with Crippen LogP contribution in [0.1, 0.15) is 50.3 Å². The van der Waals surface area contributed by atoms with E-state index in [1.807, 2.05) is 6.07 Å². The SMILES string of the molecule is CC(CCN1Cc2cc(C#CC#CC3CN(C4CCCC4)C3)cn2C1=O)(C(=O)NO)S(C)(=O)=O. The summed E-state index contributed by atoms with van der Waals surface area (Å²) in [5.41, 5.74) is 2.85. The topological polar surface area (TPSA) is 112 Å². The van der Waals surface area contributed by atoms with Gasteiger partial charge in [-0.1, -0.05) is 24.7 Å². The van der Waals surface area contributed by atoms with E-state index in [1.165, 1.54) is 47.6 Å². The standard InChI is InChI=1S/C24H30N4O5S/c1-24(22(29)25-31,34(2,32)33)11-12-26-17-21-13-18(16-28(21)23(26)30)7-3-4-8-19-14-27(15-19)20-9-5-6-10-20/h13,16,19-20,31H,5-6,9-12,14-15,17H2,1-2H3,(H,25,29). The third kappa shape index (κ3) is 4.72. The molecule has 0 aromatic carbocycles. The van der Waals surface area contributed by atoms with Crippen LogP contribution in [0, 0.1) is 29.6 Å². The number of likely N-dealkylation sites (tertiary alicyclic amines) is 1. The molecule has 1 aromatic rings. The van der Waals surface area contributed by atoms with Crippen molar-refractivity contribution in [2.75, 3.05) is 25.9 Å². The maximum atomic E-state index is 12.7. The maximum Gasteiger partial charge on any atom is 0.328 e. The molecular weight excluding hydrogens is 456 g/mol. The number of rotatable bonds is 6. The molecule has 0 spiro atoms. The van der Waals surface area contributed by atoms with Gasteiger partial charge in [0, 0.05) is 55.3 Å². The summed E-state index contributed by atoms with van der Waals surface area (Å²) in [6, 6.07) is 2.25. The van der Waals surface area contributed by atoms with Crippen LogP contribution in [0.2, 0.25) is 0 Å². The van der Waals surface area contributed by atoms with E-state index in [0.29, 0.717) is 11.5 Å². The van der Waals surface area contributed by atoms with Crippen molar-refractivity contribution >= 4 is 21.8 Å². The third-order valence-corrected chi connectivity index (χ3v) is 9.31. The Morgan fingerprint density at radius 2 is 1.97 bits per heavy atom. The molecule has 0 bridgehead atoms. The number of hydrogen-bond donors (Lipinski definition) is 2. The van der Waals surface area contributed by atoms with E-state index in [9.17, 15) is 18.0 Å². The monoisotopic (exact) mass is 486 g/mol. The molecule has 1 saturated carbocycles. The summed E-state index contributed by atoms with van der Waals surface area (Å²) in [7, 11) is -3.82. The fourth-order valence-electron chi connectivity index (χ4n) is 4.81. The van der Waals surface area contributed by atoms with E-state index in [1.54, 1.807) is 6.20 Å². The largest absolute Gasteiger partial charge is 0.328 e. The van der Waals surface area contributed by atoms with Crippen molar-refractivity contribution in [3.05, 3.63) is 23.5 Å². The lowest BCUT2D eigenvalue weighted by atomic mass is 9.97. The molecule has 1 aliphatic carbocycles. The van der Waals surface area contributed by atoms with Crippen LogP contribution in [-0.4, -0.2) is 76.6 Å². The first-order valence-electron chi connectivity index (χ1n) is 11.5. The van der Waals surface area contributed by atoms with E-state index in [4.69, 9.17) is 5.21 Å². The first-order valence-corrected chi connectivity index (χ1v) is 13.4. The second-order valence-corrected chi connectivity index (χ2v) is 12.0. The first-order chi connectivity index (χ1) is 16.1. The number of sulfone groups is 1. The zero-order chi connectivity index (χ0) is 24.5. The van der Waals surface area contributed by atoms with Crippen molar-refractivity contribution in [2.24, 2.45) is 5.92 Å². The summed E-state index contributed by atoms with van der Waals surface area (Å²) in [6.45, 7) is 3.62. The molecule has 1 atom stereocenters. The second kappa shape index (κ2) is 9.46. The van der Waals surface area contributed by atoms with Crippen LogP contribution in [-0.2, 0) is 21.2 Å². The zero-order valence-electron chi connectivity index (χ0n) is 19.5. The van der Waals surface area contributed by atoms with Crippen LogP contribution in [0.15, 0.2) is 12.3 Å². The Kier molecular flexibility index (Phi) is 6.77. The van der Waals surface area contributed by atoms with Gasteiger partial charge in [0.05, 0.1) is 6.54 Å². The first kappa shape index (κ1) is 24.3. The Labute approximate surface area is 200 Å². The number of amides is 2. The number of hydroxylamine groups is 1. The molecule has 1 saturated heterocycles. The highest BCUT2D eigenvalue weighted by molar-refractivity contribution is 7.92. The molecule has 1 aromatic heterocycles. The summed E-state index contributed by atoms with van der Waals surface area (Å²) in [4.78, 5) is 28.7. The van der Waals surface area contributed by atoms with E-state index in [-0.39, 0.29) is 25.5 Å². The molecule has 9 nitrogen and oxygen atoms in total. The molecule has 1 unspecified atom stereocenters. The van der Waals surface area contributed by atoms with Crippen LogP contribution >= 0.6 is 0 Å². The molecule has 4 rings (SSSR count). The molecule has 2 N–H and O–H groups in total. The van der Waals surface area contributed by atoms with Crippen molar-refractivity contribution in [1.82, 2.24) is 19.8 Å². The summed E-state index contributed by atoms with van der Waals surface area (Å²) in [6.07, 6.45) is 7.73. The van der Waals surface area contributed by atoms with E-state index in [2.05, 4.69) is 28.6 Å². The van der Waals surface area contributed by atoms with Gasteiger partial charge >= 0.3 is 6.03 Å². The minimum absolute atomic E-state index is 0.0449. The zero-order valence-corrected chi connectivity index (χ0v) is 20.3. The van der Waals surface area contributed by atoms with Crippen LogP contribution in [0.3, 0.4) is 0 Å². The van der Waals surface area contributed by atoms with Gasteiger partial charge in [0.15, 0.2) is 14.6 Å². The average molecular weight is 487 g/mol. The number of fused-ring (bicyclic) bond motifs is 1. The molecule has 2 aliphatic heterocycles. The summed E-state index contributed by atoms with van der Waals surface area (Å²) >= 11 is 0. The predicted octanol–water partition coefficient (Wildman–Crippen LogP) is 1.20. The van der Waals surface area contributed by atoms with Crippen molar-refractivity contribution in [3.8, 4) is 23.7 Å². The third-order valence-electron chi connectivity index (χ3n) is 7.28. The Bertz CT molecular complexity index is 1200. The molecule has 34 heavy (non-hydrogen) atoms. The molecular formula is C24H30N4O5S. The van der Waals surface area contributed by atoms with Gasteiger partial charge in [-0.05, 0) is 44.1 Å². The van der Waals surface area contributed by atoms with Crippen molar-refractivity contribution in [2.45, 2.75) is 56.4 Å². The van der Waals surface area contributed by atoms with Crippen LogP contribution < -0.4 is 5.48 Å². The van der Waals surface area contributed by atoms with E-state index >= 15 is 0 Å². The maximum absolute atomic E-state index is 12.7. The highest BCUT2D eigenvalue weighted by atomic mass is 32.2. The molecule has 3 aliphatic rings. The minimum atomic E-state index is -3.82. The van der Waals surface area contributed by atoms with Crippen LogP contribution in [0.4, 0.5) is 4.79 Å². The van der Waals surface area contributed by atoms with Crippen molar-refractivity contribution in [3.63, 3.8) is 0 Å². The van der Waals surface area contributed by atoms with Crippen molar-refractivity contribution < 1.29 is 23.2 Å². The number of aromatic nitrogens is 1. The molecule has 182 valence electrons. The summed E-state index contributed by atoms with van der Waals surface area (Å²) in [5.74, 6) is 11.4. The van der Waals surface area contributed by atoms with Gasteiger partial charge in [-0.3, -0.25) is 19.5 Å². The highest BCUT2D eigenvalue weighted by Crippen LogP contribution is 2.29. The van der Waals surface area contributed by atoms with Gasteiger partial charge in [-0.2, -0.15) is 0 Å². The Morgan fingerprint density at radius 3 is 2.59 bits per heavy atom. The van der Waals surface area contributed by atoms with Gasteiger partial charge in [-0.25, -0.2) is 18.7 Å². The Hall–Kier alpha value is -2.79. The Morgan fingerprint density at radius 1 is 1.26 bits per heavy atom. The number of nitrogens with one attached hydrogen (secondary N) is 1. The predicted molar refractivity (Wildman–Crippen MR) is 125 cm³/mol. The lowest BCUT2D eigenvalue weighted by molar-refractivity contribution is -0.131. The average Bonchev–Trinajstić information content (AvgIpc) is 3.48. The van der Waals surface area contributed by atoms with Crippen molar-refractivity contribution in [1.29, 1.82) is 0 Å². The molecule has 0 radical (unpaired) electrons. The van der Waals surface area contributed by atoms with Gasteiger partial charge in [0.2, 0.25) is 0 Å². The molecule has 2 fully saturated rings. The van der Waals surface area contributed by atoms with Crippen LogP contribution in [0.25, 0.3) is 0 Å². The number of carbonyl (C=O) groups excluding carboxylic acids is 2.